The molecule has 0 N–H and O–H groups in total. The fourth-order valence-electron chi connectivity index (χ4n) is 5.92. The Morgan fingerprint density at radius 2 is 1.61 bits per heavy atom. The zero-order valence-electron chi connectivity index (χ0n) is 21.5. The predicted molar refractivity (Wildman–Crippen MR) is 142 cm³/mol. The van der Waals surface area contributed by atoms with Crippen molar-refractivity contribution < 1.29 is 0 Å². The Morgan fingerprint density at radius 1 is 0.970 bits per heavy atom. The Balaban J connectivity index is 1.88. The van der Waals surface area contributed by atoms with Gasteiger partial charge in [-0.1, -0.05) is 58.7 Å². The summed E-state index contributed by atoms with van der Waals surface area (Å²) in [6.07, 6.45) is 14.2. The van der Waals surface area contributed by atoms with Gasteiger partial charge in [0.2, 0.25) is 0 Å². The molecule has 0 unspecified atom stereocenters. The summed E-state index contributed by atoms with van der Waals surface area (Å²) in [7, 11) is 2.26. The maximum atomic E-state index is 5.10. The zero-order valence-corrected chi connectivity index (χ0v) is 21.5. The summed E-state index contributed by atoms with van der Waals surface area (Å²) in [5.41, 5.74) is 8.25. The van der Waals surface area contributed by atoms with E-state index in [4.69, 9.17) is 4.98 Å². The van der Waals surface area contributed by atoms with Crippen LogP contribution in [0.2, 0.25) is 0 Å². The Kier molecular flexibility index (Phi) is 7.90. The molecule has 3 nitrogen and oxygen atoms in total. The molecule has 0 amide bonds. The van der Waals surface area contributed by atoms with Crippen LogP contribution in [0.15, 0.2) is 36.7 Å². The molecule has 0 radical (unpaired) electrons. The average Bonchev–Trinajstić information content (AvgIpc) is 3.22. The van der Waals surface area contributed by atoms with E-state index in [9.17, 15) is 0 Å². The van der Waals surface area contributed by atoms with E-state index in [2.05, 4.69) is 80.9 Å². The Morgan fingerprint density at radius 3 is 2.18 bits per heavy atom. The molecule has 3 heteroatoms. The maximum Gasteiger partial charge on any atom is 0.0715 e. The van der Waals surface area contributed by atoms with Crippen molar-refractivity contribution in [2.45, 2.75) is 91.0 Å². The number of aromatic nitrogens is 2. The van der Waals surface area contributed by atoms with Gasteiger partial charge in [-0.05, 0) is 87.3 Å². The maximum absolute atomic E-state index is 5.10. The van der Waals surface area contributed by atoms with Gasteiger partial charge < -0.3 is 9.47 Å². The molecule has 1 saturated heterocycles. The second kappa shape index (κ2) is 10.9. The number of aryl methyl sites for hydroxylation is 2. The van der Waals surface area contributed by atoms with E-state index in [-0.39, 0.29) is 0 Å². The van der Waals surface area contributed by atoms with Crippen LogP contribution < -0.4 is 0 Å². The summed E-state index contributed by atoms with van der Waals surface area (Å²) in [4.78, 5) is 7.58. The number of piperidine rings is 1. The quantitative estimate of drug-likeness (QED) is 0.335. The molecule has 1 aliphatic rings. The largest absolute Gasteiger partial charge is 0.343 e. The average molecular weight is 446 g/mol. The Labute approximate surface area is 201 Å². The number of pyridine rings is 1. The highest BCUT2D eigenvalue weighted by atomic mass is 15.1. The normalized spacial score (nSPS) is 15.7. The lowest BCUT2D eigenvalue weighted by Crippen LogP contribution is -2.29. The van der Waals surface area contributed by atoms with Crippen molar-refractivity contribution in [3.63, 3.8) is 0 Å². The van der Waals surface area contributed by atoms with E-state index < -0.39 is 0 Å². The minimum Gasteiger partial charge on any atom is -0.343 e. The summed E-state index contributed by atoms with van der Waals surface area (Å²) in [5.74, 6) is 0.649. The van der Waals surface area contributed by atoms with E-state index in [0.29, 0.717) is 12.0 Å². The zero-order chi connectivity index (χ0) is 23.4. The first-order valence-electron chi connectivity index (χ1n) is 13.4. The smallest absolute Gasteiger partial charge is 0.0715 e. The fourth-order valence-corrected chi connectivity index (χ4v) is 5.92. The van der Waals surface area contributed by atoms with Crippen LogP contribution in [0.4, 0.5) is 0 Å². The summed E-state index contributed by atoms with van der Waals surface area (Å²) in [6, 6.07) is 9.77. The van der Waals surface area contributed by atoms with Gasteiger partial charge in [0.25, 0.3) is 0 Å². The van der Waals surface area contributed by atoms with Crippen molar-refractivity contribution in [3.8, 4) is 11.3 Å². The van der Waals surface area contributed by atoms with Crippen LogP contribution in [0.25, 0.3) is 22.2 Å². The lowest BCUT2D eigenvalue weighted by Gasteiger charge is -2.29. The van der Waals surface area contributed by atoms with Crippen molar-refractivity contribution in [1.82, 2.24) is 14.5 Å². The van der Waals surface area contributed by atoms with E-state index >= 15 is 0 Å². The molecule has 1 aliphatic heterocycles. The molecule has 0 atom stereocenters. The van der Waals surface area contributed by atoms with Gasteiger partial charge in [0, 0.05) is 23.2 Å². The highest BCUT2D eigenvalue weighted by Gasteiger charge is 2.25. The van der Waals surface area contributed by atoms with E-state index in [1.54, 1.807) is 5.56 Å². The Hall–Kier alpha value is -2.13. The van der Waals surface area contributed by atoms with Crippen molar-refractivity contribution in [2.24, 2.45) is 0 Å². The number of nitrogens with zero attached hydrogens (tertiary/aromatic N) is 3. The summed E-state index contributed by atoms with van der Waals surface area (Å²) in [5, 5.41) is 1.44. The van der Waals surface area contributed by atoms with Crippen molar-refractivity contribution in [2.75, 3.05) is 20.1 Å². The predicted octanol–water partition coefficient (Wildman–Crippen LogP) is 7.78. The standard InChI is InChI=1S/C30H43N3/c1-6-11-25(12-7-2)33-21-27(24-15-17-32(5)18-16-24)26-19-28(31-20-29(26)33)30-22(8-3)13-10-14-23(30)9-4/h10,13-14,19-21,24-25H,6-9,11-12,15-18H2,1-5H3. The first-order chi connectivity index (χ1) is 16.1. The van der Waals surface area contributed by atoms with E-state index in [1.165, 1.54) is 79.2 Å². The number of benzene rings is 1. The molecule has 0 saturated carbocycles. The van der Waals surface area contributed by atoms with Crippen molar-refractivity contribution in [1.29, 1.82) is 0 Å². The molecule has 3 aromatic rings. The van der Waals surface area contributed by atoms with Crippen LogP contribution in [0, 0.1) is 0 Å². The van der Waals surface area contributed by atoms with Crippen molar-refractivity contribution in [3.05, 3.63) is 53.3 Å². The van der Waals surface area contributed by atoms with E-state index in [0.717, 1.165) is 18.5 Å². The second-order valence-corrected chi connectivity index (χ2v) is 10.0. The van der Waals surface area contributed by atoms with Gasteiger partial charge in [-0.25, -0.2) is 0 Å². The number of likely N-dealkylation sites (tertiary alicyclic amines) is 1. The number of hydrogen-bond acceptors (Lipinski definition) is 2. The van der Waals surface area contributed by atoms with Crippen LogP contribution in [-0.2, 0) is 12.8 Å². The topological polar surface area (TPSA) is 21.1 Å². The van der Waals surface area contributed by atoms with Gasteiger partial charge in [-0.15, -0.1) is 0 Å². The van der Waals surface area contributed by atoms with Crippen LogP contribution >= 0.6 is 0 Å². The fraction of sp³-hybridized carbons (Fsp3) is 0.567. The lowest BCUT2D eigenvalue weighted by molar-refractivity contribution is 0.255. The van der Waals surface area contributed by atoms with Gasteiger partial charge in [-0.2, -0.15) is 0 Å². The summed E-state index contributed by atoms with van der Waals surface area (Å²) in [6.45, 7) is 11.5. The van der Waals surface area contributed by atoms with Crippen molar-refractivity contribution >= 4 is 10.9 Å². The van der Waals surface area contributed by atoms with Crippen LogP contribution in [0.1, 0.15) is 94.9 Å². The second-order valence-electron chi connectivity index (χ2n) is 10.0. The first-order valence-corrected chi connectivity index (χ1v) is 13.4. The third-order valence-corrected chi connectivity index (χ3v) is 7.80. The third-order valence-electron chi connectivity index (χ3n) is 7.80. The molecule has 1 fully saturated rings. The first kappa shape index (κ1) is 24.0. The van der Waals surface area contributed by atoms with Gasteiger partial charge in [-0.3, -0.25) is 4.98 Å². The van der Waals surface area contributed by atoms with Crippen LogP contribution in [0.3, 0.4) is 0 Å². The molecule has 3 heterocycles. The van der Waals surface area contributed by atoms with Crippen LogP contribution in [-0.4, -0.2) is 34.6 Å². The SMILES string of the molecule is CCCC(CCC)n1cc(C2CCN(C)CC2)c2cc(-c3c(CC)cccc3CC)ncc21. The lowest BCUT2D eigenvalue weighted by atomic mass is 9.88. The molecular formula is C30H43N3. The van der Waals surface area contributed by atoms with Gasteiger partial charge in [0.05, 0.1) is 17.4 Å². The molecule has 4 rings (SSSR count). The molecule has 1 aromatic carbocycles. The molecule has 0 bridgehead atoms. The molecule has 2 aromatic heterocycles. The van der Waals surface area contributed by atoms with Gasteiger partial charge >= 0.3 is 0 Å². The highest BCUT2D eigenvalue weighted by molar-refractivity contribution is 5.88. The Bertz CT molecular complexity index is 1030. The minimum absolute atomic E-state index is 0.573. The highest BCUT2D eigenvalue weighted by Crippen LogP contribution is 2.39. The molecule has 33 heavy (non-hydrogen) atoms. The summed E-state index contributed by atoms with van der Waals surface area (Å²) < 4.78 is 2.60. The third kappa shape index (κ3) is 4.89. The molecule has 0 spiro atoms. The monoisotopic (exact) mass is 445 g/mol. The number of rotatable bonds is 9. The number of fused-ring (bicyclic) bond motifs is 1. The summed E-state index contributed by atoms with van der Waals surface area (Å²) >= 11 is 0. The molecule has 0 aliphatic carbocycles. The van der Waals surface area contributed by atoms with E-state index in [1.807, 2.05) is 0 Å². The van der Waals surface area contributed by atoms with Gasteiger partial charge in [0.1, 0.15) is 0 Å². The number of hydrogen-bond donors (Lipinski definition) is 0. The molecule has 178 valence electrons. The molecular weight excluding hydrogens is 402 g/mol. The van der Waals surface area contributed by atoms with Crippen LogP contribution in [0.5, 0.6) is 0 Å². The van der Waals surface area contributed by atoms with Gasteiger partial charge in [0.15, 0.2) is 0 Å². The minimum atomic E-state index is 0.573.